The first-order chi connectivity index (χ1) is 7.93. The molecule has 0 aromatic heterocycles. The number of carboxylic acid groups (broad SMARTS) is 2. The van der Waals surface area contributed by atoms with Gasteiger partial charge in [-0.25, -0.2) is 9.59 Å². The Morgan fingerprint density at radius 1 is 1.22 bits per heavy atom. The van der Waals surface area contributed by atoms with Gasteiger partial charge in [-0.05, 0) is 36.1 Å². The molecule has 0 aliphatic carbocycles. The molecule has 0 unspecified atom stereocenters. The maximum atomic E-state index is 11.1. The average Bonchev–Trinajstić information content (AvgIpc) is 2.26. The molecule has 1 aromatic carbocycles. The average molecular weight is 262 g/mol. The van der Waals surface area contributed by atoms with Crippen LogP contribution in [0.5, 0.6) is 0 Å². The molecule has 0 aliphatic rings. The monoisotopic (exact) mass is 262 g/mol. The van der Waals surface area contributed by atoms with E-state index in [0.717, 1.165) is 0 Å². The van der Waals surface area contributed by atoms with E-state index < -0.39 is 11.9 Å². The van der Waals surface area contributed by atoms with Gasteiger partial charge in [0.2, 0.25) is 0 Å². The van der Waals surface area contributed by atoms with Crippen molar-refractivity contribution in [1.29, 1.82) is 0 Å². The van der Waals surface area contributed by atoms with Crippen LogP contribution >= 0.6 is 0 Å². The Morgan fingerprint density at radius 3 is 2.11 bits per heavy atom. The number of benzene rings is 1. The van der Waals surface area contributed by atoms with Crippen molar-refractivity contribution in [3.63, 3.8) is 0 Å². The molecule has 0 radical (unpaired) electrons. The van der Waals surface area contributed by atoms with Gasteiger partial charge in [0.05, 0.1) is 17.7 Å². The predicted molar refractivity (Wildman–Crippen MR) is 67.5 cm³/mol. The third kappa shape index (κ3) is 3.11. The van der Waals surface area contributed by atoms with Crippen LogP contribution in [0.25, 0.3) is 0 Å². The molecule has 3 N–H and O–H groups in total. The minimum atomic E-state index is -1.30. The number of aliphatic hydroxyl groups is 1. The third-order valence-electron chi connectivity index (χ3n) is 2.77. The van der Waals surface area contributed by atoms with E-state index >= 15 is 0 Å². The van der Waals surface area contributed by atoms with Gasteiger partial charge in [-0.3, -0.25) is 0 Å². The van der Waals surface area contributed by atoms with E-state index in [4.69, 9.17) is 15.3 Å². The number of rotatable bonds is 4. The van der Waals surface area contributed by atoms with Crippen LogP contribution in [0.15, 0.2) is 6.07 Å². The summed E-state index contributed by atoms with van der Waals surface area (Å²) < 4.78 is 0. The summed E-state index contributed by atoms with van der Waals surface area (Å²) in [4.78, 5) is 22.1. The van der Waals surface area contributed by atoms with E-state index in [1.807, 2.05) is 6.92 Å². The van der Waals surface area contributed by atoms with E-state index in [-0.39, 0.29) is 47.3 Å². The van der Waals surface area contributed by atoms with Crippen LogP contribution < -0.4 is 0 Å². The molecule has 1 aromatic rings. The Morgan fingerprint density at radius 2 is 1.78 bits per heavy atom. The predicted octanol–water partition coefficient (Wildman–Crippen LogP) is 0.798. The molecule has 94 valence electrons. The summed E-state index contributed by atoms with van der Waals surface area (Å²) in [6.45, 7) is 3.09. The normalized spacial score (nSPS) is 9.72. The maximum absolute atomic E-state index is 11.1. The first-order valence-electron chi connectivity index (χ1n) is 5.16. The fourth-order valence-corrected chi connectivity index (χ4v) is 2.00. The second kappa shape index (κ2) is 6.89. The van der Waals surface area contributed by atoms with Gasteiger partial charge < -0.3 is 15.3 Å². The standard InChI is InChI=1S/C12H14O5.Na.H/c1-3-8-6(2)10(12(16)17)9(11(14)15)4-7(8)5-13;;/h4,13H,3,5H2,1-2H3,(H,14,15)(H,16,17);;. The van der Waals surface area contributed by atoms with Crippen molar-refractivity contribution in [3.8, 4) is 0 Å². The second-order valence-corrected chi connectivity index (χ2v) is 3.68. The number of hydrogen-bond acceptors (Lipinski definition) is 3. The van der Waals surface area contributed by atoms with Crippen molar-refractivity contribution in [2.24, 2.45) is 0 Å². The van der Waals surface area contributed by atoms with Crippen molar-refractivity contribution in [1.82, 2.24) is 0 Å². The van der Waals surface area contributed by atoms with E-state index in [0.29, 0.717) is 23.1 Å². The van der Waals surface area contributed by atoms with E-state index in [1.165, 1.54) is 6.07 Å². The first-order valence-corrected chi connectivity index (χ1v) is 5.16. The molecule has 0 saturated carbocycles. The number of hydrogen-bond donors (Lipinski definition) is 3. The van der Waals surface area contributed by atoms with E-state index in [2.05, 4.69) is 0 Å². The summed E-state index contributed by atoms with van der Waals surface area (Å²) in [6.07, 6.45) is 0.544. The van der Waals surface area contributed by atoms with E-state index in [9.17, 15) is 9.59 Å². The zero-order valence-corrected chi connectivity index (χ0v) is 9.65. The minimum absolute atomic E-state index is 0. The van der Waals surface area contributed by atoms with Gasteiger partial charge >= 0.3 is 41.5 Å². The Kier molecular flexibility index (Phi) is 6.56. The first kappa shape index (κ1) is 17.1. The zero-order chi connectivity index (χ0) is 13.2. The second-order valence-electron chi connectivity index (χ2n) is 3.68. The van der Waals surface area contributed by atoms with E-state index in [1.54, 1.807) is 6.92 Å². The molecule has 18 heavy (non-hydrogen) atoms. The van der Waals surface area contributed by atoms with Crippen molar-refractivity contribution in [2.45, 2.75) is 26.9 Å². The van der Waals surface area contributed by atoms with Crippen LogP contribution in [0, 0.1) is 6.92 Å². The fourth-order valence-electron chi connectivity index (χ4n) is 2.00. The van der Waals surface area contributed by atoms with Gasteiger partial charge in [0.25, 0.3) is 0 Å². The molecule has 1 rings (SSSR count). The van der Waals surface area contributed by atoms with Crippen LogP contribution in [0.1, 0.15) is 44.3 Å². The van der Waals surface area contributed by atoms with Gasteiger partial charge in [-0.1, -0.05) is 6.92 Å². The van der Waals surface area contributed by atoms with Gasteiger partial charge in [0.1, 0.15) is 0 Å². The molecule has 0 bridgehead atoms. The summed E-state index contributed by atoms with van der Waals surface area (Å²) in [5.74, 6) is -2.57. The summed E-state index contributed by atoms with van der Waals surface area (Å²) in [5, 5.41) is 27.2. The van der Waals surface area contributed by atoms with Crippen LogP contribution in [0.4, 0.5) is 0 Å². The van der Waals surface area contributed by atoms with Crippen molar-refractivity contribution in [3.05, 3.63) is 33.9 Å². The van der Waals surface area contributed by atoms with Crippen molar-refractivity contribution >= 4 is 41.5 Å². The Labute approximate surface area is 127 Å². The van der Waals surface area contributed by atoms with Gasteiger partial charge in [0.15, 0.2) is 0 Å². The topological polar surface area (TPSA) is 94.8 Å². The molecule has 0 spiro atoms. The number of carboxylic acids is 2. The summed E-state index contributed by atoms with van der Waals surface area (Å²) in [7, 11) is 0. The van der Waals surface area contributed by atoms with Gasteiger partial charge in [0, 0.05) is 0 Å². The Hall–Kier alpha value is -0.880. The third-order valence-corrected chi connectivity index (χ3v) is 2.77. The summed E-state index contributed by atoms with van der Waals surface area (Å²) in [6, 6.07) is 1.23. The molecular formula is C12H15NaO5. The molecule has 6 heteroatoms. The van der Waals surface area contributed by atoms with Crippen molar-refractivity contribution < 1.29 is 24.9 Å². The summed E-state index contributed by atoms with van der Waals surface area (Å²) in [5.41, 5.74) is 1.08. The number of aliphatic hydroxyl groups excluding tert-OH is 1. The zero-order valence-electron chi connectivity index (χ0n) is 9.65. The molecule has 0 amide bonds. The van der Waals surface area contributed by atoms with Gasteiger partial charge in [-0.2, -0.15) is 0 Å². The molecule has 0 fully saturated rings. The number of aromatic carboxylic acids is 2. The quantitative estimate of drug-likeness (QED) is 0.697. The van der Waals surface area contributed by atoms with Crippen LogP contribution in [0.2, 0.25) is 0 Å². The SMILES string of the molecule is CCc1c(CO)cc(C(=O)O)c(C(=O)O)c1C.[NaH]. The Balaban J connectivity index is 0.00000289. The van der Waals surface area contributed by atoms with Crippen LogP contribution in [-0.2, 0) is 13.0 Å². The van der Waals surface area contributed by atoms with Crippen LogP contribution in [-0.4, -0.2) is 56.8 Å². The van der Waals surface area contributed by atoms with Crippen molar-refractivity contribution in [2.75, 3.05) is 0 Å². The molecule has 5 nitrogen and oxygen atoms in total. The number of carbonyl (C=O) groups is 2. The van der Waals surface area contributed by atoms with Crippen LogP contribution in [0.3, 0.4) is 0 Å². The molecule has 0 saturated heterocycles. The molecule has 0 atom stereocenters. The summed E-state index contributed by atoms with van der Waals surface area (Å²) >= 11 is 0. The van der Waals surface area contributed by atoms with Gasteiger partial charge in [-0.15, -0.1) is 0 Å². The molecular weight excluding hydrogens is 247 g/mol. The Bertz CT molecular complexity index is 482. The molecule has 0 aliphatic heterocycles. The fraction of sp³-hybridized carbons (Fsp3) is 0.333. The molecule has 0 heterocycles.